The van der Waals surface area contributed by atoms with Gasteiger partial charge in [0.1, 0.15) is 35.9 Å². The molecule has 5 amide bonds. The average Bonchev–Trinajstić information content (AvgIpc) is 3.86. The molecule has 4 fully saturated rings. The van der Waals surface area contributed by atoms with E-state index in [9.17, 15) is 29.1 Å². The number of carbonyl (C=O) groups excluding carboxylic acids is 5. The number of hydrogen-bond donors (Lipinski definition) is 10. The predicted molar refractivity (Wildman–Crippen MR) is 232 cm³/mol. The van der Waals surface area contributed by atoms with Gasteiger partial charge in [0.15, 0.2) is 0 Å². The number of benzene rings is 1. The molecule has 6 rings (SSSR count). The molecule has 0 radical (unpaired) electrons. The van der Waals surface area contributed by atoms with E-state index < -0.39 is 78.6 Å². The van der Waals surface area contributed by atoms with Crippen molar-refractivity contribution in [3.63, 3.8) is 0 Å². The minimum Gasteiger partial charge on any atom is -0.403 e. The van der Waals surface area contributed by atoms with Gasteiger partial charge in [-0.25, -0.2) is 0 Å². The summed E-state index contributed by atoms with van der Waals surface area (Å²) in [4.78, 5) is 70.3. The number of aromatic nitrogens is 1. The summed E-state index contributed by atoms with van der Waals surface area (Å²) in [7, 11) is -0.872. The van der Waals surface area contributed by atoms with Gasteiger partial charge in [0.05, 0.1) is 17.8 Å². The SMILES string of the molecule is CCCCc1ccc(-c2c[nH]c(C(=O)N[C@@H](CCN)C(=O)N[C@H](C(=O)N[C@@H](C)C(=O)N[C@@H](CCCCN)C(=O)N[C@@H](N)B3OC4C[C@@H]5C[C@@H](C5(C)C)[C@]4(C)O3)[C@@H](C)O)c2)cc1. The van der Waals surface area contributed by atoms with Crippen molar-refractivity contribution in [2.75, 3.05) is 13.1 Å². The first-order valence-electron chi connectivity index (χ1n) is 21.9. The van der Waals surface area contributed by atoms with Crippen LogP contribution in [0.25, 0.3) is 11.1 Å². The van der Waals surface area contributed by atoms with Gasteiger partial charge in [-0.2, -0.15) is 0 Å². The molecule has 1 aliphatic heterocycles. The van der Waals surface area contributed by atoms with Crippen molar-refractivity contribution in [2.24, 2.45) is 34.5 Å². The molecule has 1 unspecified atom stereocenters. The molecule has 13 N–H and O–H groups in total. The lowest BCUT2D eigenvalue weighted by Crippen LogP contribution is -2.65. The van der Waals surface area contributed by atoms with Crippen LogP contribution >= 0.6 is 0 Å². The molecule has 17 nitrogen and oxygen atoms in total. The summed E-state index contributed by atoms with van der Waals surface area (Å²) in [5, 5.41) is 23.7. The summed E-state index contributed by atoms with van der Waals surface area (Å²) in [5.41, 5.74) is 20.7. The molecule has 3 aliphatic carbocycles. The van der Waals surface area contributed by atoms with Crippen molar-refractivity contribution in [2.45, 2.75) is 147 Å². The highest BCUT2D eigenvalue weighted by Crippen LogP contribution is 2.65. The number of rotatable bonds is 22. The van der Waals surface area contributed by atoms with E-state index in [0.717, 1.165) is 43.2 Å². The quantitative estimate of drug-likeness (QED) is 0.0456. The number of hydrogen-bond acceptors (Lipinski definition) is 11. The Morgan fingerprint density at radius 2 is 1.54 bits per heavy atom. The third-order valence-electron chi connectivity index (χ3n) is 13.1. The number of H-pyrrole nitrogens is 1. The number of unbranched alkanes of at least 4 members (excludes halogenated alkanes) is 2. The summed E-state index contributed by atoms with van der Waals surface area (Å²) in [6, 6.07) is 3.90. The second kappa shape index (κ2) is 20.7. The molecule has 10 atom stereocenters. The highest BCUT2D eigenvalue weighted by Gasteiger charge is 2.68. The van der Waals surface area contributed by atoms with Crippen LogP contribution < -0.4 is 43.8 Å². The van der Waals surface area contributed by atoms with Gasteiger partial charge in [0, 0.05) is 6.20 Å². The zero-order valence-electron chi connectivity index (χ0n) is 36.6. The van der Waals surface area contributed by atoms with Gasteiger partial charge in [-0.1, -0.05) is 51.5 Å². The maximum atomic E-state index is 13.6. The lowest BCUT2D eigenvalue weighted by Gasteiger charge is -2.64. The molecule has 2 heterocycles. The Morgan fingerprint density at radius 1 is 0.852 bits per heavy atom. The molecule has 2 bridgehead atoms. The van der Waals surface area contributed by atoms with Crippen LogP contribution in [0.15, 0.2) is 36.5 Å². The maximum Gasteiger partial charge on any atom is 0.497 e. The fourth-order valence-corrected chi connectivity index (χ4v) is 9.08. The largest absolute Gasteiger partial charge is 0.497 e. The van der Waals surface area contributed by atoms with E-state index in [1.165, 1.54) is 19.4 Å². The first-order valence-corrected chi connectivity index (χ1v) is 21.9. The first-order chi connectivity index (χ1) is 28.9. The Kier molecular flexibility index (Phi) is 16.2. The van der Waals surface area contributed by atoms with Crippen molar-refractivity contribution in [3.05, 3.63) is 47.8 Å². The number of nitrogens with one attached hydrogen (secondary N) is 6. The average molecular weight is 850 g/mol. The Morgan fingerprint density at radius 3 is 2.18 bits per heavy atom. The van der Waals surface area contributed by atoms with E-state index in [0.29, 0.717) is 31.2 Å². The Hall–Kier alpha value is -4.33. The highest BCUT2D eigenvalue weighted by atomic mass is 16.7. The summed E-state index contributed by atoms with van der Waals surface area (Å²) >= 11 is 0. The number of aryl methyl sites for hydroxylation is 1. The summed E-state index contributed by atoms with van der Waals surface area (Å²) in [5.74, 6) is -2.59. The molecule has 1 aromatic carbocycles. The van der Waals surface area contributed by atoms with E-state index in [1.54, 1.807) is 12.3 Å². The molecule has 336 valence electrons. The fraction of sp³-hybridized carbons (Fsp3) is 0.651. The van der Waals surface area contributed by atoms with E-state index in [-0.39, 0.29) is 36.6 Å². The third-order valence-corrected chi connectivity index (χ3v) is 13.1. The van der Waals surface area contributed by atoms with E-state index in [4.69, 9.17) is 26.5 Å². The van der Waals surface area contributed by atoms with Crippen molar-refractivity contribution >= 4 is 36.7 Å². The van der Waals surface area contributed by atoms with Crippen molar-refractivity contribution in [1.29, 1.82) is 0 Å². The predicted octanol–water partition coefficient (Wildman–Crippen LogP) is 1.12. The second-order valence-electron chi connectivity index (χ2n) is 17.9. The number of amides is 5. The molecule has 2 aromatic rings. The Balaban J connectivity index is 1.15. The first kappa shape index (κ1) is 47.7. The van der Waals surface area contributed by atoms with Crippen LogP contribution in [0.2, 0.25) is 0 Å². The smallest absolute Gasteiger partial charge is 0.403 e. The normalized spacial score (nSPS) is 24.2. The van der Waals surface area contributed by atoms with E-state index >= 15 is 0 Å². The maximum absolute atomic E-state index is 13.6. The van der Waals surface area contributed by atoms with Crippen LogP contribution in [-0.4, -0.2) is 108 Å². The number of aromatic amines is 1. The van der Waals surface area contributed by atoms with Crippen LogP contribution in [0.5, 0.6) is 0 Å². The summed E-state index contributed by atoms with van der Waals surface area (Å²) in [6.45, 7) is 11.8. The van der Waals surface area contributed by atoms with Gasteiger partial charge in [-0.3, -0.25) is 24.0 Å². The van der Waals surface area contributed by atoms with E-state index in [1.807, 2.05) is 12.1 Å². The minimum atomic E-state index is -1.51. The van der Waals surface area contributed by atoms with Gasteiger partial charge < -0.3 is 63.2 Å². The zero-order chi connectivity index (χ0) is 44.6. The standard InChI is InChI=1S/C43H68BN9O8/c1-7-8-11-26-13-15-27(16-14-26)28-20-32(48-23-28)39(58)51-31(17-19-46)37(56)52-35(25(3)54)40(59)49-24(2)36(55)50-30(12-9-10-18-45)38(57)53-41(47)44-60-34-22-29-21-33(42(29,4)5)43(34,6)61-44/h13-16,20,23-25,29-31,33-35,41,48,54H,7-12,17-19,21-22,45-47H2,1-6H3,(H,49,59)(H,50,55)(H,51,58)(H,52,56)(H,53,57)/t24-,25+,29-,30-,31-,33-,34?,35-,41+,43-/m0/s1. The van der Waals surface area contributed by atoms with E-state index in [2.05, 4.69) is 71.4 Å². The zero-order valence-corrected chi connectivity index (χ0v) is 36.6. The summed E-state index contributed by atoms with van der Waals surface area (Å²) < 4.78 is 12.7. The Labute approximate surface area is 359 Å². The van der Waals surface area contributed by atoms with Gasteiger partial charge in [-0.15, -0.1) is 0 Å². The number of nitrogens with two attached hydrogens (primary N) is 3. The van der Waals surface area contributed by atoms with Crippen LogP contribution in [0, 0.1) is 17.3 Å². The number of carbonyl (C=O) groups is 5. The van der Waals surface area contributed by atoms with Gasteiger partial charge >= 0.3 is 7.12 Å². The lowest BCUT2D eigenvalue weighted by molar-refractivity contribution is -0.199. The van der Waals surface area contributed by atoms with Gasteiger partial charge in [0.2, 0.25) is 23.6 Å². The molecule has 1 saturated heterocycles. The minimum absolute atomic E-state index is 0.0340. The molecule has 3 saturated carbocycles. The highest BCUT2D eigenvalue weighted by molar-refractivity contribution is 6.47. The third kappa shape index (κ3) is 11.2. The molecule has 18 heteroatoms. The Bertz CT molecular complexity index is 1840. The lowest BCUT2D eigenvalue weighted by atomic mass is 9.43. The molecule has 1 aromatic heterocycles. The second-order valence-corrected chi connectivity index (χ2v) is 17.9. The molecule has 61 heavy (non-hydrogen) atoms. The molecule has 0 spiro atoms. The van der Waals surface area contributed by atoms with Crippen LogP contribution in [-0.2, 0) is 34.9 Å². The number of aliphatic hydroxyl groups is 1. The van der Waals surface area contributed by atoms with Crippen molar-refractivity contribution in [1.82, 2.24) is 31.6 Å². The number of aliphatic hydroxyl groups excluding tert-OH is 1. The fourth-order valence-electron chi connectivity index (χ4n) is 9.08. The van der Waals surface area contributed by atoms with Gasteiger partial charge in [0.25, 0.3) is 5.91 Å². The molecular formula is C43H68BN9O8. The monoisotopic (exact) mass is 850 g/mol. The van der Waals surface area contributed by atoms with Crippen LogP contribution in [0.3, 0.4) is 0 Å². The molecular weight excluding hydrogens is 781 g/mol. The van der Waals surface area contributed by atoms with Crippen LogP contribution in [0.1, 0.15) is 109 Å². The van der Waals surface area contributed by atoms with Gasteiger partial charge in [-0.05, 0) is 125 Å². The topological polar surface area (TPSA) is 278 Å². The van der Waals surface area contributed by atoms with Crippen LogP contribution in [0.4, 0.5) is 0 Å². The van der Waals surface area contributed by atoms with Crippen molar-refractivity contribution in [3.8, 4) is 11.1 Å². The molecule has 4 aliphatic rings. The summed E-state index contributed by atoms with van der Waals surface area (Å²) in [6.07, 6.45) is 6.69. The van der Waals surface area contributed by atoms with Crippen molar-refractivity contribution < 1.29 is 38.4 Å².